The number of hydrogen-bond acceptors (Lipinski definition) is 3. The largest absolute Gasteiger partial charge is 0.386 e. The lowest BCUT2D eigenvalue weighted by Gasteiger charge is -2.11. The van der Waals surface area contributed by atoms with E-state index in [4.69, 9.17) is 0 Å². The van der Waals surface area contributed by atoms with Crippen LogP contribution in [0.5, 0.6) is 0 Å². The molecule has 0 saturated carbocycles. The summed E-state index contributed by atoms with van der Waals surface area (Å²) in [6.45, 7) is 4.93. The zero-order valence-electron chi connectivity index (χ0n) is 10.3. The topological polar surface area (TPSA) is 38.0 Å². The van der Waals surface area contributed by atoms with Gasteiger partial charge in [-0.15, -0.1) is 0 Å². The van der Waals surface area contributed by atoms with E-state index >= 15 is 0 Å². The maximum absolute atomic E-state index is 10.3. The highest BCUT2D eigenvalue weighted by atomic mass is 32.1. The summed E-state index contributed by atoms with van der Waals surface area (Å²) in [5.74, 6) is 0. The molecule has 1 atom stereocenters. The monoisotopic (exact) mass is 250 g/mol. The van der Waals surface area contributed by atoms with Gasteiger partial charge in [-0.3, -0.25) is 4.68 Å². The molecule has 0 aromatic carbocycles. The molecule has 0 spiro atoms. The van der Waals surface area contributed by atoms with Gasteiger partial charge in [-0.2, -0.15) is 16.4 Å². The molecule has 1 unspecified atom stereocenters. The lowest BCUT2D eigenvalue weighted by Crippen LogP contribution is -2.09. The smallest absolute Gasteiger partial charge is 0.0997 e. The van der Waals surface area contributed by atoms with E-state index < -0.39 is 6.10 Å². The molecule has 2 rings (SSSR count). The number of aliphatic hydroxyl groups excluding tert-OH is 1. The van der Waals surface area contributed by atoms with Gasteiger partial charge in [-0.05, 0) is 41.8 Å². The van der Waals surface area contributed by atoms with Crippen molar-refractivity contribution in [3.63, 3.8) is 0 Å². The molecule has 0 amide bonds. The number of aromatic nitrogens is 2. The van der Waals surface area contributed by atoms with Gasteiger partial charge in [0.15, 0.2) is 0 Å². The minimum atomic E-state index is -0.461. The van der Waals surface area contributed by atoms with Crippen LogP contribution in [0.25, 0.3) is 0 Å². The summed E-state index contributed by atoms with van der Waals surface area (Å²) >= 11 is 1.66. The molecule has 0 fully saturated rings. The van der Waals surface area contributed by atoms with E-state index in [1.807, 2.05) is 23.1 Å². The van der Waals surface area contributed by atoms with Crippen molar-refractivity contribution in [1.29, 1.82) is 0 Å². The SMILES string of the molecule is CCc1cc(C(O)Cc2ccsc2)n(CC)n1. The lowest BCUT2D eigenvalue weighted by atomic mass is 10.1. The van der Waals surface area contributed by atoms with E-state index in [-0.39, 0.29) is 0 Å². The molecule has 2 aromatic heterocycles. The third-order valence-corrected chi connectivity index (χ3v) is 3.61. The Kier molecular flexibility index (Phi) is 3.97. The van der Waals surface area contributed by atoms with Gasteiger partial charge in [0.1, 0.15) is 0 Å². The predicted octanol–water partition coefficient (Wildman–Crippen LogP) is 2.80. The molecule has 17 heavy (non-hydrogen) atoms. The Morgan fingerprint density at radius 3 is 2.88 bits per heavy atom. The van der Waals surface area contributed by atoms with Crippen LogP contribution < -0.4 is 0 Å². The van der Waals surface area contributed by atoms with Crippen LogP contribution in [-0.4, -0.2) is 14.9 Å². The Balaban J connectivity index is 2.17. The Bertz CT molecular complexity index is 462. The second-order valence-corrected chi connectivity index (χ2v) is 4.86. The van der Waals surface area contributed by atoms with Gasteiger partial charge in [0, 0.05) is 13.0 Å². The number of aliphatic hydroxyl groups is 1. The number of aryl methyl sites for hydroxylation is 2. The second-order valence-electron chi connectivity index (χ2n) is 4.08. The number of thiophene rings is 1. The molecule has 0 bridgehead atoms. The van der Waals surface area contributed by atoms with Crippen LogP contribution in [0.4, 0.5) is 0 Å². The van der Waals surface area contributed by atoms with Crippen molar-refractivity contribution in [2.24, 2.45) is 0 Å². The summed E-state index contributed by atoms with van der Waals surface area (Å²) in [5, 5.41) is 18.8. The van der Waals surface area contributed by atoms with Crippen molar-refractivity contribution in [2.75, 3.05) is 0 Å². The molecule has 0 radical (unpaired) electrons. The molecule has 0 aliphatic carbocycles. The van der Waals surface area contributed by atoms with Crippen LogP contribution in [0.3, 0.4) is 0 Å². The second kappa shape index (κ2) is 5.47. The van der Waals surface area contributed by atoms with Gasteiger partial charge < -0.3 is 5.11 Å². The maximum atomic E-state index is 10.3. The minimum Gasteiger partial charge on any atom is -0.386 e. The zero-order chi connectivity index (χ0) is 12.3. The Morgan fingerprint density at radius 2 is 2.29 bits per heavy atom. The van der Waals surface area contributed by atoms with E-state index in [0.717, 1.165) is 24.4 Å². The fraction of sp³-hybridized carbons (Fsp3) is 0.462. The highest BCUT2D eigenvalue weighted by molar-refractivity contribution is 7.07. The van der Waals surface area contributed by atoms with Crippen molar-refractivity contribution < 1.29 is 5.11 Å². The van der Waals surface area contributed by atoms with Gasteiger partial charge in [0.2, 0.25) is 0 Å². The lowest BCUT2D eigenvalue weighted by molar-refractivity contribution is 0.167. The molecular formula is C13H18N2OS. The Morgan fingerprint density at radius 1 is 1.47 bits per heavy atom. The first-order chi connectivity index (χ1) is 8.24. The third-order valence-electron chi connectivity index (χ3n) is 2.87. The first-order valence-electron chi connectivity index (χ1n) is 6.00. The molecular weight excluding hydrogens is 232 g/mol. The molecule has 0 saturated heterocycles. The van der Waals surface area contributed by atoms with E-state index in [2.05, 4.69) is 23.5 Å². The fourth-order valence-corrected chi connectivity index (χ4v) is 2.60. The van der Waals surface area contributed by atoms with Crippen molar-refractivity contribution in [2.45, 2.75) is 39.3 Å². The Labute approximate surface area is 106 Å². The molecule has 0 aliphatic rings. The van der Waals surface area contributed by atoms with Crippen LogP contribution in [0.15, 0.2) is 22.9 Å². The van der Waals surface area contributed by atoms with Crippen LogP contribution >= 0.6 is 11.3 Å². The highest BCUT2D eigenvalue weighted by Gasteiger charge is 2.15. The molecule has 3 nitrogen and oxygen atoms in total. The van der Waals surface area contributed by atoms with Crippen molar-refractivity contribution in [3.8, 4) is 0 Å². The molecule has 2 aromatic rings. The summed E-state index contributed by atoms with van der Waals surface area (Å²) in [6, 6.07) is 4.07. The van der Waals surface area contributed by atoms with E-state index in [9.17, 15) is 5.11 Å². The summed E-state index contributed by atoms with van der Waals surface area (Å²) in [7, 11) is 0. The van der Waals surface area contributed by atoms with Gasteiger partial charge in [-0.1, -0.05) is 6.92 Å². The average Bonchev–Trinajstić information content (AvgIpc) is 2.96. The standard InChI is InChI=1S/C13H18N2OS/c1-3-11-8-12(15(4-2)14-11)13(16)7-10-5-6-17-9-10/h5-6,8-9,13,16H,3-4,7H2,1-2H3. The van der Waals surface area contributed by atoms with Gasteiger partial charge in [0.25, 0.3) is 0 Å². The molecule has 92 valence electrons. The first-order valence-corrected chi connectivity index (χ1v) is 6.94. The zero-order valence-corrected chi connectivity index (χ0v) is 11.1. The van der Waals surface area contributed by atoms with Crippen LogP contribution in [0, 0.1) is 0 Å². The molecule has 0 aliphatic heterocycles. The van der Waals surface area contributed by atoms with E-state index in [1.54, 1.807) is 11.3 Å². The fourth-order valence-electron chi connectivity index (χ4n) is 1.92. The van der Waals surface area contributed by atoms with Gasteiger partial charge >= 0.3 is 0 Å². The predicted molar refractivity (Wildman–Crippen MR) is 70.3 cm³/mol. The highest BCUT2D eigenvalue weighted by Crippen LogP contribution is 2.21. The summed E-state index contributed by atoms with van der Waals surface area (Å²) in [4.78, 5) is 0. The maximum Gasteiger partial charge on any atom is 0.0997 e. The third kappa shape index (κ3) is 2.76. The minimum absolute atomic E-state index is 0.461. The summed E-state index contributed by atoms with van der Waals surface area (Å²) in [6.07, 6.45) is 1.11. The number of hydrogen-bond donors (Lipinski definition) is 1. The van der Waals surface area contributed by atoms with Crippen LogP contribution in [0.2, 0.25) is 0 Å². The summed E-state index contributed by atoms with van der Waals surface area (Å²) < 4.78 is 1.90. The van der Waals surface area contributed by atoms with E-state index in [0.29, 0.717) is 6.42 Å². The van der Waals surface area contributed by atoms with Crippen molar-refractivity contribution in [1.82, 2.24) is 9.78 Å². The molecule has 1 N–H and O–H groups in total. The quantitative estimate of drug-likeness (QED) is 0.886. The normalized spacial score (nSPS) is 12.9. The van der Waals surface area contributed by atoms with Crippen molar-refractivity contribution in [3.05, 3.63) is 39.8 Å². The average molecular weight is 250 g/mol. The summed E-state index contributed by atoms with van der Waals surface area (Å²) in [5.41, 5.74) is 3.16. The molecule has 2 heterocycles. The van der Waals surface area contributed by atoms with E-state index in [1.165, 1.54) is 5.56 Å². The van der Waals surface area contributed by atoms with Crippen LogP contribution in [0.1, 0.15) is 36.9 Å². The van der Waals surface area contributed by atoms with Gasteiger partial charge in [-0.25, -0.2) is 0 Å². The first kappa shape index (κ1) is 12.3. The number of rotatable bonds is 5. The van der Waals surface area contributed by atoms with Gasteiger partial charge in [0.05, 0.1) is 17.5 Å². The Hall–Kier alpha value is -1.13. The van der Waals surface area contributed by atoms with Crippen molar-refractivity contribution >= 4 is 11.3 Å². The molecule has 4 heteroatoms. The van der Waals surface area contributed by atoms with Crippen LogP contribution in [-0.2, 0) is 19.4 Å². The number of nitrogens with zero attached hydrogens (tertiary/aromatic N) is 2.